The van der Waals surface area contributed by atoms with Gasteiger partial charge in [0.1, 0.15) is 0 Å². The molecule has 2 heterocycles. The Balaban J connectivity index is 1.44. The smallest absolute Gasteiger partial charge is 0.278 e. The molecule has 0 atom stereocenters. The third-order valence-electron chi connectivity index (χ3n) is 5.39. The van der Waals surface area contributed by atoms with Crippen LogP contribution in [0.2, 0.25) is 0 Å². The first kappa shape index (κ1) is 20.2. The van der Waals surface area contributed by atoms with Gasteiger partial charge in [0, 0.05) is 48.7 Å². The Bertz CT molecular complexity index is 1160. The monoisotopic (exact) mass is 426 g/mol. The molecule has 0 radical (unpaired) electrons. The van der Waals surface area contributed by atoms with Crippen LogP contribution in [-0.4, -0.2) is 41.8 Å². The minimum atomic E-state index is -3.36. The fourth-order valence-electron chi connectivity index (χ4n) is 3.83. The molecule has 1 fully saturated rings. The van der Waals surface area contributed by atoms with Gasteiger partial charge in [0.15, 0.2) is 0 Å². The maximum Gasteiger partial charge on any atom is 0.278 e. The summed E-state index contributed by atoms with van der Waals surface area (Å²) < 4.78 is 27.0. The number of sulfonamides is 1. The van der Waals surface area contributed by atoms with Crippen LogP contribution in [0.25, 0.3) is 10.8 Å². The van der Waals surface area contributed by atoms with Crippen LogP contribution in [0.3, 0.4) is 0 Å². The molecule has 0 bridgehead atoms. The number of pyridine rings is 1. The number of rotatable bonds is 6. The van der Waals surface area contributed by atoms with Crippen LogP contribution in [0.15, 0.2) is 60.9 Å². The van der Waals surface area contributed by atoms with Gasteiger partial charge in [-0.1, -0.05) is 30.3 Å². The van der Waals surface area contributed by atoms with Crippen molar-refractivity contribution in [3.8, 4) is 0 Å². The summed E-state index contributed by atoms with van der Waals surface area (Å²) in [7, 11) is -3.36. The lowest BCUT2D eigenvalue weighted by Gasteiger charge is -2.32. The summed E-state index contributed by atoms with van der Waals surface area (Å²) in [5.74, 6) is 0.00588. The number of hydrogen-bond donors (Lipinski definition) is 1. The van der Waals surface area contributed by atoms with E-state index in [2.05, 4.69) is 10.3 Å². The summed E-state index contributed by atoms with van der Waals surface area (Å²) in [5, 5.41) is 15.9. The molecule has 0 spiro atoms. The van der Waals surface area contributed by atoms with Crippen LogP contribution in [0.5, 0.6) is 0 Å². The quantitative estimate of drug-likeness (QED) is 0.477. The summed E-state index contributed by atoms with van der Waals surface area (Å²) in [4.78, 5) is 14.9. The molecule has 156 valence electrons. The summed E-state index contributed by atoms with van der Waals surface area (Å²) in [6.07, 6.45) is 4.43. The molecule has 4 rings (SSSR count). The molecule has 0 saturated carbocycles. The fraction of sp³-hybridized carbons (Fsp3) is 0.286. The minimum absolute atomic E-state index is 0.00588. The molecule has 2 aromatic carbocycles. The summed E-state index contributed by atoms with van der Waals surface area (Å²) in [6.45, 7) is 0.888. The van der Waals surface area contributed by atoms with Crippen molar-refractivity contribution in [1.29, 1.82) is 0 Å². The maximum absolute atomic E-state index is 12.7. The average Bonchev–Trinajstić information content (AvgIpc) is 2.74. The van der Waals surface area contributed by atoms with Gasteiger partial charge in [-0.3, -0.25) is 15.1 Å². The second-order valence-corrected chi connectivity index (χ2v) is 9.34. The molecule has 0 amide bonds. The summed E-state index contributed by atoms with van der Waals surface area (Å²) in [5.41, 5.74) is 1.60. The number of anilines is 1. The van der Waals surface area contributed by atoms with Gasteiger partial charge < -0.3 is 5.32 Å². The number of nitrogens with zero attached hydrogens (tertiary/aromatic N) is 3. The molecule has 8 nitrogen and oxygen atoms in total. The third-order valence-corrected chi connectivity index (χ3v) is 7.24. The van der Waals surface area contributed by atoms with E-state index < -0.39 is 14.9 Å². The van der Waals surface area contributed by atoms with Crippen molar-refractivity contribution < 1.29 is 13.3 Å². The number of non-ortho nitro benzene ring substituents is 1. The number of hydrogen-bond acceptors (Lipinski definition) is 6. The first-order chi connectivity index (χ1) is 14.4. The van der Waals surface area contributed by atoms with Crippen LogP contribution >= 0.6 is 0 Å². The van der Waals surface area contributed by atoms with E-state index in [1.54, 1.807) is 22.6 Å². The lowest BCUT2D eigenvalue weighted by molar-refractivity contribution is -0.383. The number of aromatic nitrogens is 1. The standard InChI is InChI=1S/C21H22N4O4S/c26-25(27)21-7-6-20(18-8-11-22-14-19(18)21)23-17-9-12-24(13-10-17)30(28,29)15-16-4-2-1-3-5-16/h1-8,11,14,17,23H,9-10,12-13,15H2. The van der Waals surface area contributed by atoms with Crippen molar-refractivity contribution in [2.24, 2.45) is 0 Å². The zero-order valence-electron chi connectivity index (χ0n) is 16.3. The molecule has 0 unspecified atom stereocenters. The van der Waals surface area contributed by atoms with Crippen molar-refractivity contribution >= 4 is 32.2 Å². The minimum Gasteiger partial charge on any atom is -0.382 e. The van der Waals surface area contributed by atoms with E-state index in [1.165, 1.54) is 12.3 Å². The molecule has 3 aromatic rings. The largest absolute Gasteiger partial charge is 0.382 e. The van der Waals surface area contributed by atoms with Gasteiger partial charge in [0.05, 0.1) is 16.1 Å². The van der Waals surface area contributed by atoms with Gasteiger partial charge in [0.25, 0.3) is 5.69 Å². The number of benzene rings is 2. The molecule has 1 aliphatic rings. The van der Waals surface area contributed by atoms with Crippen LogP contribution in [0.1, 0.15) is 18.4 Å². The van der Waals surface area contributed by atoms with Gasteiger partial charge in [-0.25, -0.2) is 12.7 Å². The van der Waals surface area contributed by atoms with E-state index in [-0.39, 0.29) is 17.5 Å². The Kier molecular flexibility index (Phi) is 5.65. The predicted molar refractivity (Wildman–Crippen MR) is 116 cm³/mol. The Morgan fingerprint density at radius 3 is 2.50 bits per heavy atom. The average molecular weight is 426 g/mol. The van der Waals surface area contributed by atoms with Crippen LogP contribution in [0.4, 0.5) is 11.4 Å². The summed E-state index contributed by atoms with van der Waals surface area (Å²) in [6, 6.07) is 14.2. The molecule has 1 aliphatic heterocycles. The Morgan fingerprint density at radius 2 is 1.80 bits per heavy atom. The maximum atomic E-state index is 12.7. The van der Waals surface area contributed by atoms with Crippen LogP contribution in [-0.2, 0) is 15.8 Å². The molecular formula is C21H22N4O4S. The van der Waals surface area contributed by atoms with E-state index in [0.29, 0.717) is 31.3 Å². The molecule has 0 aliphatic carbocycles. The highest BCUT2D eigenvalue weighted by molar-refractivity contribution is 7.88. The number of nitro benzene ring substituents is 1. The molecule has 1 aromatic heterocycles. The predicted octanol–water partition coefficient (Wildman–Crippen LogP) is 3.55. The van der Waals surface area contributed by atoms with E-state index in [1.807, 2.05) is 30.3 Å². The Labute approximate surface area is 174 Å². The lowest BCUT2D eigenvalue weighted by atomic mass is 10.0. The van der Waals surface area contributed by atoms with Crippen molar-refractivity contribution in [3.05, 3.63) is 76.6 Å². The topological polar surface area (TPSA) is 105 Å². The van der Waals surface area contributed by atoms with Crippen LogP contribution in [0, 0.1) is 10.1 Å². The lowest BCUT2D eigenvalue weighted by Crippen LogP contribution is -2.42. The zero-order valence-corrected chi connectivity index (χ0v) is 17.1. The number of nitrogens with one attached hydrogen (secondary N) is 1. The highest BCUT2D eigenvalue weighted by Gasteiger charge is 2.28. The van der Waals surface area contributed by atoms with Crippen molar-refractivity contribution in [3.63, 3.8) is 0 Å². The van der Waals surface area contributed by atoms with Gasteiger partial charge >= 0.3 is 0 Å². The van der Waals surface area contributed by atoms with Crippen molar-refractivity contribution in [2.45, 2.75) is 24.6 Å². The molecular weight excluding hydrogens is 404 g/mol. The zero-order chi connectivity index (χ0) is 21.1. The normalized spacial score (nSPS) is 15.9. The van der Waals surface area contributed by atoms with Crippen molar-refractivity contribution in [2.75, 3.05) is 18.4 Å². The Hall–Kier alpha value is -3.04. The molecule has 30 heavy (non-hydrogen) atoms. The van der Waals surface area contributed by atoms with E-state index in [0.717, 1.165) is 16.6 Å². The highest BCUT2D eigenvalue weighted by atomic mass is 32.2. The molecule has 9 heteroatoms. The van der Waals surface area contributed by atoms with Gasteiger partial charge in [-0.2, -0.15) is 0 Å². The number of nitro groups is 1. The SMILES string of the molecule is O=[N+]([O-])c1ccc(NC2CCN(S(=O)(=O)Cc3ccccc3)CC2)c2ccncc12. The summed E-state index contributed by atoms with van der Waals surface area (Å²) >= 11 is 0. The first-order valence-corrected chi connectivity index (χ1v) is 11.3. The van der Waals surface area contributed by atoms with E-state index in [4.69, 9.17) is 0 Å². The first-order valence-electron chi connectivity index (χ1n) is 9.73. The number of fused-ring (bicyclic) bond motifs is 1. The van der Waals surface area contributed by atoms with Crippen molar-refractivity contribution in [1.82, 2.24) is 9.29 Å². The fourth-order valence-corrected chi connectivity index (χ4v) is 5.40. The third kappa shape index (κ3) is 4.27. The van der Waals surface area contributed by atoms with E-state index in [9.17, 15) is 18.5 Å². The molecule has 1 N–H and O–H groups in total. The van der Waals surface area contributed by atoms with Gasteiger partial charge in [0.2, 0.25) is 10.0 Å². The second kappa shape index (κ2) is 8.37. The Morgan fingerprint density at radius 1 is 1.07 bits per heavy atom. The van der Waals surface area contributed by atoms with Crippen LogP contribution < -0.4 is 5.32 Å². The number of piperidine rings is 1. The molecule has 1 saturated heterocycles. The second-order valence-electron chi connectivity index (χ2n) is 7.37. The van der Waals surface area contributed by atoms with Gasteiger partial charge in [-0.05, 0) is 30.5 Å². The highest BCUT2D eigenvalue weighted by Crippen LogP contribution is 2.32. The van der Waals surface area contributed by atoms with Gasteiger partial charge in [-0.15, -0.1) is 0 Å². The van der Waals surface area contributed by atoms with E-state index >= 15 is 0 Å².